The Morgan fingerprint density at radius 1 is 1.35 bits per heavy atom. The summed E-state index contributed by atoms with van der Waals surface area (Å²) in [7, 11) is 1.32. The molecule has 2 heterocycles. The second-order valence-electron chi connectivity index (χ2n) is 5.66. The highest BCUT2D eigenvalue weighted by atomic mass is 16.5. The number of carbonyl (C=O) groups excluding carboxylic acids is 1. The second kappa shape index (κ2) is 5.87. The van der Waals surface area contributed by atoms with Crippen molar-refractivity contribution in [2.75, 3.05) is 7.11 Å². The van der Waals surface area contributed by atoms with Crippen molar-refractivity contribution in [3.8, 4) is 11.4 Å². The van der Waals surface area contributed by atoms with Crippen LogP contribution in [0.1, 0.15) is 40.5 Å². The zero-order valence-electron chi connectivity index (χ0n) is 13.1. The molecule has 1 atom stereocenters. The van der Waals surface area contributed by atoms with Crippen LogP contribution in [0.3, 0.4) is 0 Å². The molecule has 0 fully saturated rings. The van der Waals surface area contributed by atoms with Gasteiger partial charge in [-0.1, -0.05) is 24.3 Å². The summed E-state index contributed by atoms with van der Waals surface area (Å²) in [5.41, 5.74) is 2.29. The lowest BCUT2D eigenvalue weighted by Crippen LogP contribution is -2.25. The molecule has 1 aliphatic rings. The van der Waals surface area contributed by atoms with Crippen molar-refractivity contribution in [2.45, 2.75) is 32.2 Å². The summed E-state index contributed by atoms with van der Waals surface area (Å²) in [4.78, 5) is 28.0. The first-order valence-corrected chi connectivity index (χ1v) is 7.52. The van der Waals surface area contributed by atoms with E-state index in [2.05, 4.69) is 4.98 Å². The Kier molecular flexibility index (Phi) is 3.90. The first-order valence-electron chi connectivity index (χ1n) is 7.52. The Morgan fingerprint density at radius 2 is 2.09 bits per heavy atom. The van der Waals surface area contributed by atoms with Gasteiger partial charge in [0, 0.05) is 12.1 Å². The van der Waals surface area contributed by atoms with Crippen LogP contribution >= 0.6 is 0 Å². The average Bonchev–Trinajstić information content (AvgIpc) is 2.94. The standard InChI is InChI=1S/C17H18N2O4/c1-10-6-3-4-7-11(10)15-18-13(16(20)21)14-12(17(22)23-2)8-5-9-19(14)15/h3-4,6-7,12H,5,8-9H2,1-2H3,(H,20,21). The number of aryl methyl sites for hydroxylation is 1. The summed E-state index contributed by atoms with van der Waals surface area (Å²) in [5, 5.41) is 9.51. The van der Waals surface area contributed by atoms with Crippen molar-refractivity contribution in [3.63, 3.8) is 0 Å². The van der Waals surface area contributed by atoms with Crippen LogP contribution in [0.15, 0.2) is 24.3 Å². The number of carboxylic acid groups (broad SMARTS) is 1. The number of methoxy groups -OCH3 is 1. The van der Waals surface area contributed by atoms with Crippen LogP contribution in [0, 0.1) is 6.92 Å². The van der Waals surface area contributed by atoms with E-state index < -0.39 is 17.9 Å². The van der Waals surface area contributed by atoms with E-state index in [0.29, 0.717) is 24.5 Å². The number of fused-ring (bicyclic) bond motifs is 1. The number of rotatable bonds is 3. The fourth-order valence-corrected chi connectivity index (χ4v) is 3.19. The SMILES string of the molecule is COC(=O)C1CCCn2c(-c3ccccc3C)nc(C(=O)O)c21. The van der Waals surface area contributed by atoms with Gasteiger partial charge in [-0.3, -0.25) is 4.79 Å². The number of hydrogen-bond acceptors (Lipinski definition) is 4. The zero-order valence-corrected chi connectivity index (χ0v) is 13.1. The van der Waals surface area contributed by atoms with E-state index in [1.165, 1.54) is 7.11 Å². The normalized spacial score (nSPS) is 16.7. The number of aromatic carboxylic acids is 1. The van der Waals surface area contributed by atoms with Crippen LogP contribution in [0.25, 0.3) is 11.4 Å². The number of imidazole rings is 1. The fraction of sp³-hybridized carbons (Fsp3) is 0.353. The smallest absolute Gasteiger partial charge is 0.356 e. The Bertz CT molecular complexity index is 779. The predicted molar refractivity (Wildman–Crippen MR) is 83.4 cm³/mol. The van der Waals surface area contributed by atoms with Crippen LogP contribution in [-0.2, 0) is 16.1 Å². The highest BCUT2D eigenvalue weighted by Crippen LogP contribution is 2.36. The largest absolute Gasteiger partial charge is 0.476 e. The van der Waals surface area contributed by atoms with E-state index in [9.17, 15) is 14.7 Å². The van der Waals surface area contributed by atoms with Crippen LogP contribution in [0.5, 0.6) is 0 Å². The van der Waals surface area contributed by atoms with E-state index in [4.69, 9.17) is 4.74 Å². The molecule has 0 amide bonds. The topological polar surface area (TPSA) is 81.4 Å². The number of hydrogen-bond donors (Lipinski definition) is 1. The van der Waals surface area contributed by atoms with Crippen molar-refractivity contribution in [3.05, 3.63) is 41.2 Å². The lowest BCUT2D eigenvalue weighted by molar-refractivity contribution is -0.143. The summed E-state index contributed by atoms with van der Waals surface area (Å²) in [5.74, 6) is -1.51. The zero-order chi connectivity index (χ0) is 16.6. The molecule has 6 heteroatoms. The summed E-state index contributed by atoms with van der Waals surface area (Å²) < 4.78 is 6.71. The summed E-state index contributed by atoms with van der Waals surface area (Å²) >= 11 is 0. The van der Waals surface area contributed by atoms with Gasteiger partial charge in [-0.15, -0.1) is 0 Å². The molecule has 1 aromatic carbocycles. The van der Waals surface area contributed by atoms with Crippen molar-refractivity contribution in [1.82, 2.24) is 9.55 Å². The van der Waals surface area contributed by atoms with Crippen molar-refractivity contribution in [1.29, 1.82) is 0 Å². The second-order valence-corrected chi connectivity index (χ2v) is 5.66. The predicted octanol–water partition coefficient (Wildman–Crippen LogP) is 2.61. The molecule has 23 heavy (non-hydrogen) atoms. The molecular weight excluding hydrogens is 296 g/mol. The molecule has 120 valence electrons. The molecule has 0 spiro atoms. The quantitative estimate of drug-likeness (QED) is 0.881. The Hall–Kier alpha value is -2.63. The van der Waals surface area contributed by atoms with Gasteiger partial charge in [0.05, 0.1) is 18.7 Å². The Balaban J connectivity index is 2.24. The molecule has 6 nitrogen and oxygen atoms in total. The summed E-state index contributed by atoms with van der Waals surface area (Å²) in [6.07, 6.45) is 1.35. The number of aromatic nitrogens is 2. The van der Waals surface area contributed by atoms with Gasteiger partial charge in [0.25, 0.3) is 0 Å². The maximum atomic E-state index is 12.1. The lowest BCUT2D eigenvalue weighted by Gasteiger charge is -2.24. The van der Waals surface area contributed by atoms with Crippen LogP contribution < -0.4 is 0 Å². The molecular formula is C17H18N2O4. The molecule has 2 aromatic rings. The number of ether oxygens (including phenoxy) is 1. The first-order chi connectivity index (χ1) is 11.0. The molecule has 0 radical (unpaired) electrons. The molecule has 0 saturated carbocycles. The van der Waals surface area contributed by atoms with Crippen molar-refractivity contribution >= 4 is 11.9 Å². The number of benzene rings is 1. The minimum atomic E-state index is -1.12. The highest BCUT2D eigenvalue weighted by Gasteiger charge is 2.35. The fourth-order valence-electron chi connectivity index (χ4n) is 3.19. The first kappa shape index (κ1) is 15.3. The van der Waals surface area contributed by atoms with Crippen molar-refractivity contribution in [2.24, 2.45) is 0 Å². The van der Waals surface area contributed by atoms with E-state index in [-0.39, 0.29) is 5.69 Å². The summed E-state index contributed by atoms with van der Waals surface area (Å²) in [6.45, 7) is 2.60. The highest BCUT2D eigenvalue weighted by molar-refractivity contribution is 5.91. The van der Waals surface area contributed by atoms with Crippen LogP contribution in [0.4, 0.5) is 0 Å². The van der Waals surface area contributed by atoms with Gasteiger partial charge in [0.1, 0.15) is 5.82 Å². The van der Waals surface area contributed by atoms with Gasteiger partial charge in [-0.2, -0.15) is 0 Å². The Morgan fingerprint density at radius 3 is 2.74 bits per heavy atom. The average molecular weight is 314 g/mol. The van der Waals surface area contributed by atoms with Gasteiger partial charge in [0.15, 0.2) is 5.69 Å². The van der Waals surface area contributed by atoms with Gasteiger partial charge >= 0.3 is 11.9 Å². The van der Waals surface area contributed by atoms with E-state index in [1.807, 2.05) is 35.8 Å². The van der Waals surface area contributed by atoms with Crippen molar-refractivity contribution < 1.29 is 19.4 Å². The number of carbonyl (C=O) groups is 2. The molecule has 0 bridgehead atoms. The number of nitrogens with zero attached hydrogens (tertiary/aromatic N) is 2. The molecule has 0 saturated heterocycles. The van der Waals surface area contributed by atoms with Gasteiger partial charge in [-0.05, 0) is 25.3 Å². The van der Waals surface area contributed by atoms with Gasteiger partial charge in [-0.25, -0.2) is 9.78 Å². The minimum Gasteiger partial charge on any atom is -0.476 e. The number of carboxylic acids is 1. The molecule has 3 rings (SSSR count). The molecule has 1 aromatic heterocycles. The molecule has 1 aliphatic heterocycles. The Labute approximate surface area is 133 Å². The lowest BCUT2D eigenvalue weighted by atomic mass is 9.94. The van der Waals surface area contributed by atoms with E-state index in [1.54, 1.807) is 0 Å². The third-order valence-electron chi connectivity index (χ3n) is 4.29. The van der Waals surface area contributed by atoms with Gasteiger partial charge in [0.2, 0.25) is 0 Å². The monoisotopic (exact) mass is 314 g/mol. The summed E-state index contributed by atoms with van der Waals surface area (Å²) in [6, 6.07) is 7.69. The molecule has 0 aliphatic carbocycles. The third kappa shape index (κ3) is 2.50. The van der Waals surface area contributed by atoms with Crippen LogP contribution in [0.2, 0.25) is 0 Å². The van der Waals surface area contributed by atoms with Gasteiger partial charge < -0.3 is 14.4 Å². The molecule has 1 unspecified atom stereocenters. The number of esters is 1. The maximum absolute atomic E-state index is 12.1. The maximum Gasteiger partial charge on any atom is 0.356 e. The molecule has 1 N–H and O–H groups in total. The minimum absolute atomic E-state index is 0.0571. The van der Waals surface area contributed by atoms with Crippen LogP contribution in [-0.4, -0.2) is 33.7 Å². The van der Waals surface area contributed by atoms with E-state index >= 15 is 0 Å². The van der Waals surface area contributed by atoms with E-state index in [0.717, 1.165) is 17.5 Å². The third-order valence-corrected chi connectivity index (χ3v) is 4.29.